The van der Waals surface area contributed by atoms with Crippen molar-refractivity contribution in [1.29, 1.82) is 0 Å². The number of likely N-dealkylation sites (N-methyl/N-ethyl adjacent to an activating group) is 2. The fourth-order valence-electron chi connectivity index (χ4n) is 2.08. The second-order valence-electron chi connectivity index (χ2n) is 4.57. The number of carbonyl (C=O) groups excluding carboxylic acids is 1. The lowest BCUT2D eigenvalue weighted by molar-refractivity contribution is -0.143. The highest BCUT2D eigenvalue weighted by molar-refractivity contribution is 5.75. The summed E-state index contributed by atoms with van der Waals surface area (Å²) in [5.74, 6) is -0.152. The molecule has 1 aliphatic rings. The van der Waals surface area contributed by atoms with Gasteiger partial charge < -0.3 is 19.9 Å². The van der Waals surface area contributed by atoms with E-state index in [4.69, 9.17) is 4.74 Å². The normalized spacial score (nSPS) is 20.2. The number of piperazine rings is 1. The van der Waals surface area contributed by atoms with Gasteiger partial charge >= 0.3 is 5.97 Å². The molecule has 0 saturated carbocycles. The van der Waals surface area contributed by atoms with Crippen LogP contribution in [0.2, 0.25) is 0 Å². The van der Waals surface area contributed by atoms with Gasteiger partial charge in [-0.25, -0.2) is 0 Å². The Bertz CT molecular complexity index is 228. The van der Waals surface area contributed by atoms with E-state index in [0.29, 0.717) is 0 Å². The van der Waals surface area contributed by atoms with Gasteiger partial charge in [-0.15, -0.1) is 0 Å². The van der Waals surface area contributed by atoms with Crippen LogP contribution in [0.3, 0.4) is 0 Å². The van der Waals surface area contributed by atoms with Crippen LogP contribution in [0.5, 0.6) is 0 Å². The van der Waals surface area contributed by atoms with Crippen LogP contribution in [-0.2, 0) is 9.53 Å². The minimum absolute atomic E-state index is 0.152. The molecule has 1 N–H and O–H groups in total. The lowest BCUT2D eigenvalue weighted by Crippen LogP contribution is -2.47. The van der Waals surface area contributed by atoms with E-state index >= 15 is 0 Å². The number of carbonyl (C=O) groups is 1. The maximum atomic E-state index is 11.5. The number of rotatable bonds is 6. The maximum Gasteiger partial charge on any atom is 0.322 e. The van der Waals surface area contributed by atoms with Crippen molar-refractivity contribution in [2.45, 2.75) is 19.4 Å². The van der Waals surface area contributed by atoms with Crippen molar-refractivity contribution < 1.29 is 9.53 Å². The first-order valence-corrected chi connectivity index (χ1v) is 6.39. The van der Waals surface area contributed by atoms with E-state index in [2.05, 4.69) is 22.2 Å². The Morgan fingerprint density at radius 3 is 2.53 bits per heavy atom. The quantitative estimate of drug-likeness (QED) is 0.653. The number of hydrogen-bond donors (Lipinski definition) is 1. The number of hydrogen-bond acceptors (Lipinski definition) is 5. The van der Waals surface area contributed by atoms with Crippen molar-refractivity contribution in [2.75, 3.05) is 53.4 Å². The van der Waals surface area contributed by atoms with Crippen LogP contribution in [0.1, 0.15) is 13.3 Å². The Balaban J connectivity index is 2.28. The second-order valence-corrected chi connectivity index (χ2v) is 4.57. The van der Waals surface area contributed by atoms with Gasteiger partial charge in [-0.1, -0.05) is 6.92 Å². The van der Waals surface area contributed by atoms with Crippen molar-refractivity contribution in [3.05, 3.63) is 0 Å². The van der Waals surface area contributed by atoms with E-state index in [1.54, 1.807) is 0 Å². The Kier molecular flexibility index (Phi) is 6.47. The van der Waals surface area contributed by atoms with E-state index in [-0.39, 0.29) is 12.0 Å². The molecule has 1 fully saturated rings. The SMILES string of the molecule is CCNC(CCN1CCN(C)CC1)C(=O)OC. The van der Waals surface area contributed by atoms with Crippen LogP contribution in [0.4, 0.5) is 0 Å². The minimum Gasteiger partial charge on any atom is -0.468 e. The highest BCUT2D eigenvalue weighted by Crippen LogP contribution is 2.03. The Hall–Kier alpha value is -0.650. The number of ether oxygens (including phenoxy) is 1. The first-order valence-electron chi connectivity index (χ1n) is 6.39. The van der Waals surface area contributed by atoms with Gasteiger partial charge in [0.1, 0.15) is 6.04 Å². The van der Waals surface area contributed by atoms with Crippen molar-refractivity contribution in [3.63, 3.8) is 0 Å². The molecular formula is C12H25N3O2. The van der Waals surface area contributed by atoms with E-state index in [1.165, 1.54) is 7.11 Å². The van der Waals surface area contributed by atoms with Gasteiger partial charge in [-0.2, -0.15) is 0 Å². The molecule has 5 nitrogen and oxygen atoms in total. The summed E-state index contributed by atoms with van der Waals surface area (Å²) in [7, 11) is 3.59. The Labute approximate surface area is 104 Å². The average molecular weight is 243 g/mol. The van der Waals surface area contributed by atoms with Crippen molar-refractivity contribution in [2.24, 2.45) is 0 Å². The smallest absolute Gasteiger partial charge is 0.322 e. The van der Waals surface area contributed by atoms with Crippen molar-refractivity contribution >= 4 is 5.97 Å². The number of nitrogens with zero attached hydrogens (tertiary/aromatic N) is 2. The average Bonchev–Trinajstić information content (AvgIpc) is 2.35. The summed E-state index contributed by atoms with van der Waals surface area (Å²) in [5.41, 5.74) is 0. The zero-order valence-electron chi connectivity index (χ0n) is 11.2. The topological polar surface area (TPSA) is 44.8 Å². The molecule has 1 rings (SSSR count). The predicted molar refractivity (Wildman–Crippen MR) is 68.0 cm³/mol. The lowest BCUT2D eigenvalue weighted by Gasteiger charge is -2.33. The number of esters is 1. The molecule has 0 amide bonds. The molecule has 0 radical (unpaired) electrons. The van der Waals surface area contributed by atoms with Crippen LogP contribution >= 0.6 is 0 Å². The number of methoxy groups -OCH3 is 1. The predicted octanol–water partition coefficient (Wildman–Crippen LogP) is -0.225. The third-order valence-corrected chi connectivity index (χ3v) is 3.27. The van der Waals surface area contributed by atoms with Gasteiger partial charge in [-0.05, 0) is 20.0 Å². The standard InChI is InChI=1S/C12H25N3O2/c1-4-13-11(12(16)17-3)5-6-15-9-7-14(2)8-10-15/h11,13H,4-10H2,1-3H3. The molecule has 100 valence electrons. The molecule has 5 heteroatoms. The highest BCUT2D eigenvalue weighted by Gasteiger charge is 2.20. The van der Waals surface area contributed by atoms with E-state index in [9.17, 15) is 4.79 Å². The van der Waals surface area contributed by atoms with Gasteiger partial charge in [0.2, 0.25) is 0 Å². The summed E-state index contributed by atoms with van der Waals surface area (Å²) in [6.07, 6.45) is 0.824. The molecule has 0 bridgehead atoms. The molecule has 1 unspecified atom stereocenters. The summed E-state index contributed by atoms with van der Waals surface area (Å²) in [6.45, 7) is 8.18. The summed E-state index contributed by atoms with van der Waals surface area (Å²) < 4.78 is 4.79. The first kappa shape index (κ1) is 14.4. The van der Waals surface area contributed by atoms with Gasteiger partial charge in [0, 0.05) is 32.7 Å². The second kappa shape index (κ2) is 7.63. The molecule has 0 aromatic heterocycles. The fraction of sp³-hybridized carbons (Fsp3) is 0.917. The maximum absolute atomic E-state index is 11.5. The highest BCUT2D eigenvalue weighted by atomic mass is 16.5. The monoisotopic (exact) mass is 243 g/mol. The molecule has 0 aromatic carbocycles. The van der Waals surface area contributed by atoms with Gasteiger partial charge in [0.15, 0.2) is 0 Å². The fourth-order valence-corrected chi connectivity index (χ4v) is 2.08. The molecule has 0 spiro atoms. The molecule has 17 heavy (non-hydrogen) atoms. The number of nitrogens with one attached hydrogen (secondary N) is 1. The van der Waals surface area contributed by atoms with Crippen molar-refractivity contribution in [3.8, 4) is 0 Å². The lowest BCUT2D eigenvalue weighted by atomic mass is 10.2. The largest absolute Gasteiger partial charge is 0.468 e. The van der Waals surface area contributed by atoms with Gasteiger partial charge in [-0.3, -0.25) is 4.79 Å². The van der Waals surface area contributed by atoms with Crippen LogP contribution in [0, 0.1) is 0 Å². The summed E-state index contributed by atoms with van der Waals surface area (Å²) in [5, 5.41) is 3.17. The Morgan fingerprint density at radius 1 is 1.35 bits per heavy atom. The van der Waals surface area contributed by atoms with E-state index in [0.717, 1.165) is 45.7 Å². The van der Waals surface area contributed by atoms with Crippen LogP contribution < -0.4 is 5.32 Å². The molecule has 1 heterocycles. The van der Waals surface area contributed by atoms with Crippen LogP contribution in [-0.4, -0.2) is 75.2 Å². The summed E-state index contributed by atoms with van der Waals surface area (Å²) in [6, 6.07) is -0.162. The molecular weight excluding hydrogens is 218 g/mol. The zero-order chi connectivity index (χ0) is 12.7. The molecule has 1 atom stereocenters. The van der Waals surface area contributed by atoms with Crippen LogP contribution in [0.25, 0.3) is 0 Å². The van der Waals surface area contributed by atoms with E-state index < -0.39 is 0 Å². The molecule has 0 aliphatic carbocycles. The van der Waals surface area contributed by atoms with Gasteiger partial charge in [0.25, 0.3) is 0 Å². The third-order valence-electron chi connectivity index (χ3n) is 3.27. The molecule has 0 aromatic rings. The van der Waals surface area contributed by atoms with E-state index in [1.807, 2.05) is 6.92 Å². The summed E-state index contributed by atoms with van der Waals surface area (Å²) >= 11 is 0. The minimum atomic E-state index is -0.162. The van der Waals surface area contributed by atoms with Crippen LogP contribution in [0.15, 0.2) is 0 Å². The molecule has 1 saturated heterocycles. The third kappa shape index (κ3) is 5.02. The first-order chi connectivity index (χ1) is 8.17. The van der Waals surface area contributed by atoms with Crippen molar-refractivity contribution in [1.82, 2.24) is 15.1 Å². The van der Waals surface area contributed by atoms with Gasteiger partial charge in [0.05, 0.1) is 7.11 Å². The molecule has 1 aliphatic heterocycles. The Morgan fingerprint density at radius 2 is 2.00 bits per heavy atom. The zero-order valence-corrected chi connectivity index (χ0v) is 11.2. The summed E-state index contributed by atoms with van der Waals surface area (Å²) in [4.78, 5) is 16.3.